The Morgan fingerprint density at radius 1 is 1.16 bits per heavy atom. The van der Waals surface area contributed by atoms with E-state index < -0.39 is 0 Å². The molecule has 0 amide bonds. The lowest BCUT2D eigenvalue weighted by molar-refractivity contribution is 0.413. The van der Waals surface area contributed by atoms with E-state index in [0.717, 1.165) is 36.5 Å². The first-order valence-corrected chi connectivity index (χ1v) is 6.34. The quantitative estimate of drug-likeness (QED) is 0.841. The normalized spacial score (nSPS) is 13.0. The molecule has 0 unspecified atom stereocenters. The molecule has 0 aliphatic carbocycles. The van der Waals surface area contributed by atoms with Crippen LogP contribution in [0.1, 0.15) is 17.7 Å². The predicted octanol–water partition coefficient (Wildman–Crippen LogP) is 2.75. The van der Waals surface area contributed by atoms with Crippen molar-refractivity contribution in [2.24, 2.45) is 4.99 Å². The maximum absolute atomic E-state index is 5.20. The number of pyridine rings is 2. The van der Waals surface area contributed by atoms with Crippen LogP contribution in [0.5, 0.6) is 5.75 Å². The molecule has 0 spiro atoms. The fraction of sp³-hybridized carbons (Fsp3) is 0.267. The first-order chi connectivity index (χ1) is 9.35. The lowest BCUT2D eigenvalue weighted by Crippen LogP contribution is -2.01. The molecule has 0 saturated heterocycles. The lowest BCUT2D eigenvalue weighted by Gasteiger charge is -2.03. The van der Waals surface area contributed by atoms with Crippen LogP contribution in [0.4, 0.5) is 5.82 Å². The summed E-state index contributed by atoms with van der Waals surface area (Å²) in [6, 6.07) is 7.88. The first kappa shape index (κ1) is 11.8. The van der Waals surface area contributed by atoms with Crippen LogP contribution in [0.2, 0.25) is 0 Å². The fourth-order valence-corrected chi connectivity index (χ4v) is 2.21. The number of aliphatic imine (C=N–C) groups is 1. The van der Waals surface area contributed by atoms with Gasteiger partial charge in [-0.15, -0.1) is 0 Å². The highest BCUT2D eigenvalue weighted by atomic mass is 16.5. The number of methoxy groups -OCH3 is 1. The zero-order valence-corrected chi connectivity index (χ0v) is 10.8. The maximum atomic E-state index is 5.20. The van der Waals surface area contributed by atoms with E-state index in [4.69, 9.17) is 4.74 Å². The SMILES string of the molecule is COc1ccnc(CCC2=Nc3ncccc3C2)c1. The topological polar surface area (TPSA) is 47.4 Å². The zero-order valence-electron chi connectivity index (χ0n) is 10.8. The van der Waals surface area contributed by atoms with Crippen molar-refractivity contribution in [1.29, 1.82) is 0 Å². The third kappa shape index (κ3) is 2.62. The summed E-state index contributed by atoms with van der Waals surface area (Å²) in [6.07, 6.45) is 6.27. The highest BCUT2D eigenvalue weighted by molar-refractivity contribution is 5.93. The first-order valence-electron chi connectivity index (χ1n) is 6.34. The van der Waals surface area contributed by atoms with E-state index in [2.05, 4.69) is 21.0 Å². The van der Waals surface area contributed by atoms with Crippen LogP contribution in [0, 0.1) is 0 Å². The molecule has 4 nitrogen and oxygen atoms in total. The Balaban J connectivity index is 1.65. The van der Waals surface area contributed by atoms with Crippen molar-refractivity contribution < 1.29 is 4.74 Å². The third-order valence-electron chi connectivity index (χ3n) is 3.22. The van der Waals surface area contributed by atoms with Crippen molar-refractivity contribution in [3.8, 4) is 5.75 Å². The predicted molar refractivity (Wildman–Crippen MR) is 74.1 cm³/mol. The number of rotatable bonds is 4. The van der Waals surface area contributed by atoms with Crippen LogP contribution < -0.4 is 4.74 Å². The number of fused-ring (bicyclic) bond motifs is 1. The molecule has 0 saturated carbocycles. The molecule has 3 rings (SSSR count). The average Bonchev–Trinajstić information content (AvgIpc) is 2.88. The summed E-state index contributed by atoms with van der Waals surface area (Å²) >= 11 is 0. The minimum Gasteiger partial charge on any atom is -0.497 e. The molecule has 19 heavy (non-hydrogen) atoms. The average molecular weight is 253 g/mol. The summed E-state index contributed by atoms with van der Waals surface area (Å²) in [5, 5.41) is 0. The van der Waals surface area contributed by atoms with Gasteiger partial charge in [-0.25, -0.2) is 9.98 Å². The minimum atomic E-state index is 0.850. The van der Waals surface area contributed by atoms with Gasteiger partial charge in [-0.05, 0) is 25.0 Å². The fourth-order valence-electron chi connectivity index (χ4n) is 2.21. The summed E-state index contributed by atoms with van der Waals surface area (Å²) in [5.74, 6) is 1.72. The van der Waals surface area contributed by atoms with Gasteiger partial charge in [-0.3, -0.25) is 4.98 Å². The van der Waals surface area contributed by atoms with Crippen LogP contribution in [0.25, 0.3) is 0 Å². The van der Waals surface area contributed by atoms with Crippen molar-refractivity contribution in [3.63, 3.8) is 0 Å². The summed E-state index contributed by atoms with van der Waals surface area (Å²) < 4.78 is 5.20. The molecular weight excluding hydrogens is 238 g/mol. The molecule has 0 fully saturated rings. The van der Waals surface area contributed by atoms with Crippen molar-refractivity contribution in [1.82, 2.24) is 9.97 Å². The second kappa shape index (κ2) is 5.18. The summed E-state index contributed by atoms with van der Waals surface area (Å²) in [4.78, 5) is 13.2. The van der Waals surface area contributed by atoms with E-state index in [-0.39, 0.29) is 0 Å². The van der Waals surface area contributed by atoms with E-state index >= 15 is 0 Å². The van der Waals surface area contributed by atoms with Gasteiger partial charge >= 0.3 is 0 Å². The number of aryl methyl sites for hydroxylation is 1. The number of nitrogens with zero attached hydrogens (tertiary/aromatic N) is 3. The second-order valence-electron chi connectivity index (χ2n) is 4.53. The number of aromatic nitrogens is 2. The van der Waals surface area contributed by atoms with Crippen LogP contribution in [0.3, 0.4) is 0 Å². The molecule has 0 atom stereocenters. The standard InChI is InChI=1S/C15H15N3O/c1-19-14-6-8-16-12(10-14)4-5-13-9-11-3-2-7-17-15(11)18-13/h2-3,6-8,10H,4-5,9H2,1H3. The Hall–Kier alpha value is -2.23. The van der Waals surface area contributed by atoms with Crippen molar-refractivity contribution in [2.45, 2.75) is 19.3 Å². The molecule has 0 aromatic carbocycles. The van der Waals surface area contributed by atoms with Crippen LogP contribution in [-0.4, -0.2) is 22.8 Å². The largest absolute Gasteiger partial charge is 0.497 e. The molecule has 0 N–H and O–H groups in total. The van der Waals surface area contributed by atoms with E-state index in [1.54, 1.807) is 19.5 Å². The van der Waals surface area contributed by atoms with Crippen molar-refractivity contribution in [3.05, 3.63) is 47.9 Å². The summed E-state index contributed by atoms with van der Waals surface area (Å²) in [5.41, 5.74) is 3.43. The van der Waals surface area contributed by atoms with Crippen LogP contribution in [0.15, 0.2) is 41.7 Å². The van der Waals surface area contributed by atoms with Crippen LogP contribution >= 0.6 is 0 Å². The molecule has 1 aliphatic rings. The zero-order chi connectivity index (χ0) is 13.1. The molecular formula is C15H15N3O. The number of hydrogen-bond acceptors (Lipinski definition) is 4. The number of hydrogen-bond donors (Lipinski definition) is 0. The minimum absolute atomic E-state index is 0.850. The molecule has 4 heteroatoms. The van der Waals surface area contributed by atoms with E-state index in [0.29, 0.717) is 0 Å². The Kier molecular flexibility index (Phi) is 3.23. The highest BCUT2D eigenvalue weighted by Crippen LogP contribution is 2.24. The van der Waals surface area contributed by atoms with Gasteiger partial charge in [0, 0.05) is 41.8 Å². The van der Waals surface area contributed by atoms with Gasteiger partial charge in [0.2, 0.25) is 0 Å². The molecule has 3 heterocycles. The Morgan fingerprint density at radius 2 is 2.11 bits per heavy atom. The third-order valence-corrected chi connectivity index (χ3v) is 3.22. The Bertz CT molecular complexity index is 622. The maximum Gasteiger partial charge on any atom is 0.155 e. The molecule has 0 bridgehead atoms. The van der Waals surface area contributed by atoms with E-state index in [1.807, 2.05) is 18.2 Å². The van der Waals surface area contributed by atoms with Gasteiger partial charge in [-0.2, -0.15) is 0 Å². The molecule has 2 aromatic rings. The lowest BCUT2D eigenvalue weighted by atomic mass is 10.1. The van der Waals surface area contributed by atoms with Gasteiger partial charge in [0.25, 0.3) is 0 Å². The summed E-state index contributed by atoms with van der Waals surface area (Å²) in [6.45, 7) is 0. The highest BCUT2D eigenvalue weighted by Gasteiger charge is 2.14. The second-order valence-corrected chi connectivity index (χ2v) is 4.53. The van der Waals surface area contributed by atoms with E-state index in [9.17, 15) is 0 Å². The van der Waals surface area contributed by atoms with Gasteiger partial charge < -0.3 is 4.74 Å². The van der Waals surface area contributed by atoms with Crippen molar-refractivity contribution >= 4 is 11.5 Å². The number of ether oxygens (including phenoxy) is 1. The monoisotopic (exact) mass is 253 g/mol. The van der Waals surface area contributed by atoms with Crippen LogP contribution in [-0.2, 0) is 12.8 Å². The van der Waals surface area contributed by atoms with Crippen molar-refractivity contribution in [2.75, 3.05) is 7.11 Å². The molecule has 0 radical (unpaired) electrons. The van der Waals surface area contributed by atoms with E-state index in [1.165, 1.54) is 11.3 Å². The summed E-state index contributed by atoms with van der Waals surface area (Å²) in [7, 11) is 1.67. The van der Waals surface area contributed by atoms with Gasteiger partial charge in [0.05, 0.1) is 7.11 Å². The Labute approximate surface area is 112 Å². The van der Waals surface area contributed by atoms with Gasteiger partial charge in [-0.1, -0.05) is 6.07 Å². The Morgan fingerprint density at radius 3 is 2.95 bits per heavy atom. The molecule has 96 valence electrons. The van der Waals surface area contributed by atoms with Gasteiger partial charge in [0.1, 0.15) is 5.75 Å². The smallest absolute Gasteiger partial charge is 0.155 e. The molecule has 2 aromatic heterocycles. The molecule has 1 aliphatic heterocycles. The van der Waals surface area contributed by atoms with Gasteiger partial charge in [0.15, 0.2) is 5.82 Å².